The highest BCUT2D eigenvalue weighted by Crippen LogP contribution is 2.57. The number of anilines is 1. The number of rotatable bonds is 1. The van der Waals surface area contributed by atoms with Gasteiger partial charge in [0.05, 0.1) is 5.69 Å². The number of carbonyl (C=O) groups excluding carboxylic acids is 1. The van der Waals surface area contributed by atoms with Gasteiger partial charge in [0.25, 0.3) is 0 Å². The summed E-state index contributed by atoms with van der Waals surface area (Å²) in [6.07, 6.45) is 9.19. The lowest BCUT2D eigenvalue weighted by molar-refractivity contribution is -0.130. The van der Waals surface area contributed by atoms with Gasteiger partial charge in [-0.3, -0.25) is 4.79 Å². The Morgan fingerprint density at radius 2 is 1.62 bits per heavy atom. The van der Waals surface area contributed by atoms with Gasteiger partial charge in [-0.05, 0) is 73.6 Å². The predicted octanol–water partition coefficient (Wildman–Crippen LogP) is 4.52. The van der Waals surface area contributed by atoms with Crippen molar-refractivity contribution in [1.82, 2.24) is 5.43 Å². The van der Waals surface area contributed by atoms with Gasteiger partial charge in [-0.25, -0.2) is 10.4 Å². The van der Waals surface area contributed by atoms with Crippen LogP contribution in [0.4, 0.5) is 5.69 Å². The lowest BCUT2D eigenvalue weighted by Gasteiger charge is -2.46. The largest absolute Gasteiger partial charge is 0.273 e. The van der Waals surface area contributed by atoms with Crippen LogP contribution in [-0.2, 0) is 4.79 Å². The van der Waals surface area contributed by atoms with Crippen LogP contribution in [0.25, 0.3) is 0 Å². The summed E-state index contributed by atoms with van der Waals surface area (Å²) < 4.78 is 1.06. The van der Waals surface area contributed by atoms with Crippen molar-refractivity contribution in [3.63, 3.8) is 0 Å². The molecule has 1 amide bonds. The summed E-state index contributed by atoms with van der Waals surface area (Å²) in [5.74, 6) is 3.57. The fourth-order valence-electron chi connectivity index (χ4n) is 6.36. The number of fused-ring (bicyclic) bond motifs is 3. The van der Waals surface area contributed by atoms with Crippen molar-refractivity contribution in [3.8, 4) is 0 Å². The van der Waals surface area contributed by atoms with E-state index in [-0.39, 0.29) is 5.92 Å². The molecule has 3 aliphatic carbocycles. The van der Waals surface area contributed by atoms with Crippen LogP contribution in [0.2, 0.25) is 0 Å². The molecule has 24 heavy (non-hydrogen) atoms. The molecular weight excluding hydrogens is 364 g/mol. The van der Waals surface area contributed by atoms with Gasteiger partial charge >= 0.3 is 0 Å². The number of hydrogen-bond donors (Lipinski definition) is 1. The van der Waals surface area contributed by atoms with E-state index in [4.69, 9.17) is 0 Å². The molecule has 1 aliphatic heterocycles. The van der Waals surface area contributed by atoms with Crippen molar-refractivity contribution in [2.24, 2.45) is 29.6 Å². The minimum Gasteiger partial charge on any atom is -0.273 e. The van der Waals surface area contributed by atoms with Gasteiger partial charge in [-0.1, -0.05) is 35.2 Å². The Labute approximate surface area is 152 Å². The molecule has 4 aliphatic rings. The summed E-state index contributed by atoms with van der Waals surface area (Å²) in [7, 11) is 0. The van der Waals surface area contributed by atoms with E-state index in [9.17, 15) is 4.79 Å². The van der Waals surface area contributed by atoms with Crippen molar-refractivity contribution >= 4 is 27.5 Å². The fraction of sp³-hybridized carbons (Fsp3) is 0.650. The number of carbonyl (C=O) groups is 1. The lowest BCUT2D eigenvalue weighted by atomic mass is 9.68. The van der Waals surface area contributed by atoms with E-state index in [0.29, 0.717) is 17.9 Å². The third-order valence-corrected chi connectivity index (χ3v) is 7.74. The highest BCUT2D eigenvalue weighted by Gasteiger charge is 2.58. The molecule has 0 radical (unpaired) electrons. The Morgan fingerprint density at radius 3 is 2.42 bits per heavy atom. The maximum atomic E-state index is 13.2. The van der Waals surface area contributed by atoms with Crippen molar-refractivity contribution in [2.75, 3.05) is 5.01 Å². The number of hydrazine groups is 1. The molecule has 4 fully saturated rings. The van der Waals surface area contributed by atoms with E-state index in [1.54, 1.807) is 0 Å². The molecule has 5 rings (SSSR count). The quantitative estimate of drug-likeness (QED) is 0.766. The summed E-state index contributed by atoms with van der Waals surface area (Å²) in [5.41, 5.74) is 4.69. The first-order valence-corrected chi connectivity index (χ1v) is 10.4. The number of benzene rings is 1. The minimum atomic E-state index is 0.240. The Kier molecular flexibility index (Phi) is 3.75. The molecule has 3 saturated carbocycles. The lowest BCUT2D eigenvalue weighted by Crippen LogP contribution is -2.62. The molecule has 1 heterocycles. The summed E-state index contributed by atoms with van der Waals surface area (Å²) in [5, 5.41) is 1.89. The first kappa shape index (κ1) is 15.4. The van der Waals surface area contributed by atoms with Gasteiger partial charge in [0.2, 0.25) is 5.91 Å². The van der Waals surface area contributed by atoms with Gasteiger partial charge in [0.1, 0.15) is 0 Å². The summed E-state index contributed by atoms with van der Waals surface area (Å²) in [6, 6.07) is 8.65. The molecule has 1 aromatic carbocycles. The second-order valence-corrected chi connectivity index (χ2v) is 9.11. The normalized spacial score (nSPS) is 41.0. The number of amides is 1. The van der Waals surface area contributed by atoms with Crippen LogP contribution in [0.1, 0.15) is 44.9 Å². The molecule has 4 heteroatoms. The summed E-state index contributed by atoms with van der Waals surface area (Å²) in [6.45, 7) is 0. The second-order valence-electron chi connectivity index (χ2n) is 8.20. The van der Waals surface area contributed by atoms with Crippen LogP contribution in [0.3, 0.4) is 0 Å². The van der Waals surface area contributed by atoms with Crippen LogP contribution in [0.15, 0.2) is 28.7 Å². The zero-order valence-electron chi connectivity index (χ0n) is 14.0. The molecule has 0 aromatic heterocycles. The van der Waals surface area contributed by atoms with Gasteiger partial charge in [-0.15, -0.1) is 0 Å². The standard InChI is InChI=1S/C20H25BrN2O/c21-12-8-10-13(11-9-12)23-20(24)17-7-3-6-15-14-4-1-2-5-16(14)19(22-23)18(15)17/h8-11,14-19,22H,1-7H2. The Balaban J connectivity index is 1.51. The first-order valence-electron chi connectivity index (χ1n) is 9.60. The van der Waals surface area contributed by atoms with E-state index < -0.39 is 0 Å². The van der Waals surface area contributed by atoms with E-state index in [2.05, 4.69) is 21.4 Å². The van der Waals surface area contributed by atoms with Crippen LogP contribution in [0.5, 0.6) is 0 Å². The van der Waals surface area contributed by atoms with E-state index in [1.165, 1.54) is 38.5 Å². The zero-order chi connectivity index (χ0) is 16.3. The molecule has 6 unspecified atom stereocenters. The Hall–Kier alpha value is -0.870. The number of nitrogens with one attached hydrogen (secondary N) is 1. The monoisotopic (exact) mass is 388 g/mol. The molecular formula is C20H25BrN2O. The average molecular weight is 389 g/mol. The minimum absolute atomic E-state index is 0.240. The van der Waals surface area contributed by atoms with Crippen molar-refractivity contribution < 1.29 is 4.79 Å². The van der Waals surface area contributed by atoms with Crippen molar-refractivity contribution in [2.45, 2.75) is 51.0 Å². The molecule has 1 saturated heterocycles. The van der Waals surface area contributed by atoms with Gasteiger partial charge in [0, 0.05) is 16.4 Å². The summed E-state index contributed by atoms with van der Waals surface area (Å²) >= 11 is 3.49. The van der Waals surface area contributed by atoms with Gasteiger partial charge < -0.3 is 0 Å². The van der Waals surface area contributed by atoms with Crippen LogP contribution in [-0.4, -0.2) is 11.9 Å². The highest BCUT2D eigenvalue weighted by molar-refractivity contribution is 9.10. The first-order chi connectivity index (χ1) is 11.7. The number of nitrogens with zero attached hydrogens (tertiary/aromatic N) is 1. The average Bonchev–Trinajstić information content (AvgIpc) is 2.94. The Bertz CT molecular complexity index is 646. The molecule has 1 aromatic rings. The van der Waals surface area contributed by atoms with Crippen molar-refractivity contribution in [1.29, 1.82) is 0 Å². The van der Waals surface area contributed by atoms with Gasteiger partial charge in [0.15, 0.2) is 0 Å². The molecule has 3 nitrogen and oxygen atoms in total. The topological polar surface area (TPSA) is 32.3 Å². The highest BCUT2D eigenvalue weighted by atomic mass is 79.9. The van der Waals surface area contributed by atoms with Crippen LogP contribution in [0, 0.1) is 29.6 Å². The summed E-state index contributed by atoms with van der Waals surface area (Å²) in [4.78, 5) is 13.2. The van der Waals surface area contributed by atoms with Crippen LogP contribution < -0.4 is 10.4 Å². The molecule has 1 N–H and O–H groups in total. The van der Waals surface area contributed by atoms with E-state index in [1.807, 2.05) is 29.3 Å². The molecule has 0 spiro atoms. The van der Waals surface area contributed by atoms with E-state index in [0.717, 1.165) is 34.3 Å². The predicted molar refractivity (Wildman–Crippen MR) is 98.3 cm³/mol. The van der Waals surface area contributed by atoms with E-state index >= 15 is 0 Å². The number of hydrogen-bond acceptors (Lipinski definition) is 2. The molecule has 128 valence electrons. The molecule has 0 bridgehead atoms. The maximum absolute atomic E-state index is 13.2. The third-order valence-electron chi connectivity index (χ3n) is 7.21. The fourth-order valence-corrected chi connectivity index (χ4v) is 6.63. The smallest absolute Gasteiger partial charge is 0.244 e. The SMILES string of the molecule is O=C1C2CCCC3C4CCCCC4C(NN1c1ccc(Br)cc1)C23. The Morgan fingerprint density at radius 1 is 0.917 bits per heavy atom. The molecule has 6 atom stereocenters. The van der Waals surface area contributed by atoms with Crippen molar-refractivity contribution in [3.05, 3.63) is 28.7 Å². The third kappa shape index (κ3) is 2.22. The van der Waals surface area contributed by atoms with Gasteiger partial charge in [-0.2, -0.15) is 0 Å². The van der Waals surface area contributed by atoms with Crippen LogP contribution >= 0.6 is 15.9 Å². The second kappa shape index (κ2) is 5.84. The maximum Gasteiger partial charge on any atom is 0.244 e. The zero-order valence-corrected chi connectivity index (χ0v) is 15.5. The number of halogens is 1.